The Morgan fingerprint density at radius 3 is 2.44 bits per heavy atom. The molecule has 0 fully saturated rings. The fraction of sp³-hybridized carbons (Fsp3) is 0.857. The largest absolute Gasteiger partial charge is 0.283 e. The molecule has 2 heteroatoms. The van der Waals surface area contributed by atoms with Gasteiger partial charge in [0.05, 0.1) is 5.04 Å². The quantitative estimate of drug-likeness (QED) is 0.355. The first-order chi connectivity index (χ1) is 4.16. The highest BCUT2D eigenvalue weighted by Crippen LogP contribution is 1.96. The topological polar surface area (TPSA) is 12.4 Å². The summed E-state index contributed by atoms with van der Waals surface area (Å²) >= 11 is 4.15. The van der Waals surface area contributed by atoms with Crippen molar-refractivity contribution in [3.8, 4) is 0 Å². The number of nitrogens with zero attached hydrogens (tertiary/aromatic N) is 1. The molecule has 0 aliphatic rings. The van der Waals surface area contributed by atoms with Gasteiger partial charge in [0.2, 0.25) is 0 Å². The van der Waals surface area contributed by atoms with Gasteiger partial charge in [0.25, 0.3) is 0 Å². The maximum absolute atomic E-state index is 4.22. The van der Waals surface area contributed by atoms with Gasteiger partial charge in [-0.05, 0) is 12.3 Å². The van der Waals surface area contributed by atoms with Gasteiger partial charge in [-0.2, -0.15) is 0 Å². The molecule has 0 atom stereocenters. The predicted molar refractivity (Wildman–Crippen MR) is 46.4 cm³/mol. The molecular formula is C7H15NS. The van der Waals surface area contributed by atoms with Crippen molar-refractivity contribution in [3.05, 3.63) is 0 Å². The van der Waals surface area contributed by atoms with Crippen LogP contribution in [0.15, 0.2) is 4.99 Å². The van der Waals surface area contributed by atoms with Crippen LogP contribution in [0.1, 0.15) is 27.2 Å². The van der Waals surface area contributed by atoms with E-state index in [-0.39, 0.29) is 0 Å². The van der Waals surface area contributed by atoms with Crippen molar-refractivity contribution in [2.75, 3.05) is 6.54 Å². The van der Waals surface area contributed by atoms with E-state index in [1.54, 1.807) is 0 Å². The molecule has 0 amide bonds. The van der Waals surface area contributed by atoms with Gasteiger partial charge in [0.1, 0.15) is 0 Å². The van der Waals surface area contributed by atoms with Crippen LogP contribution in [0, 0.1) is 5.92 Å². The molecule has 0 aliphatic carbocycles. The molecule has 0 radical (unpaired) electrons. The Balaban J connectivity index is 3.43. The van der Waals surface area contributed by atoms with Crippen LogP contribution in [0.5, 0.6) is 0 Å². The number of aliphatic imine (C=N–C) groups is 1. The van der Waals surface area contributed by atoms with Crippen LogP contribution < -0.4 is 0 Å². The third-order valence-electron chi connectivity index (χ3n) is 0.955. The van der Waals surface area contributed by atoms with Gasteiger partial charge in [-0.3, -0.25) is 4.99 Å². The summed E-state index contributed by atoms with van der Waals surface area (Å²) in [6.45, 7) is 7.28. The van der Waals surface area contributed by atoms with Crippen LogP contribution in [0.25, 0.3) is 0 Å². The molecule has 0 aromatic carbocycles. The lowest BCUT2D eigenvalue weighted by Crippen LogP contribution is -1.94. The fourth-order valence-corrected chi connectivity index (χ4v) is 0.481. The summed E-state index contributed by atoms with van der Waals surface area (Å²) in [6.07, 6.45) is 0.954. The van der Waals surface area contributed by atoms with Crippen molar-refractivity contribution < 1.29 is 0 Å². The molecule has 0 rings (SSSR count). The minimum absolute atomic E-state index is 0.652. The zero-order valence-corrected chi connectivity index (χ0v) is 7.28. The van der Waals surface area contributed by atoms with E-state index in [1.807, 2.05) is 0 Å². The summed E-state index contributed by atoms with van der Waals surface area (Å²) in [5.41, 5.74) is 0. The molecule has 0 heterocycles. The molecule has 0 aromatic heterocycles. The Morgan fingerprint density at radius 2 is 2.11 bits per heavy atom. The second kappa shape index (κ2) is 4.86. The van der Waals surface area contributed by atoms with Crippen molar-refractivity contribution >= 4 is 17.7 Å². The zero-order valence-electron chi connectivity index (χ0n) is 6.39. The molecule has 0 spiro atoms. The highest BCUT2D eigenvalue weighted by Gasteiger charge is 1.90. The first-order valence-corrected chi connectivity index (χ1v) is 3.83. The first-order valence-electron chi connectivity index (χ1n) is 3.39. The summed E-state index contributed by atoms with van der Waals surface area (Å²) in [5, 5.41) is 0.962. The summed E-state index contributed by atoms with van der Waals surface area (Å²) in [6, 6.07) is 0. The standard InChI is InChI=1S/C7H15NS/c1-4-7(9)8-5-6(2)3/h6H,4-5H2,1-3H3,(H,8,9). The highest BCUT2D eigenvalue weighted by atomic mass is 32.1. The lowest BCUT2D eigenvalue weighted by molar-refractivity contribution is 0.666. The van der Waals surface area contributed by atoms with Gasteiger partial charge in [-0.25, -0.2) is 0 Å². The molecule has 9 heavy (non-hydrogen) atoms. The monoisotopic (exact) mass is 145 g/mol. The summed E-state index contributed by atoms with van der Waals surface area (Å²) < 4.78 is 0. The molecular weight excluding hydrogens is 130 g/mol. The van der Waals surface area contributed by atoms with Crippen molar-refractivity contribution in [2.24, 2.45) is 10.9 Å². The third kappa shape index (κ3) is 5.90. The van der Waals surface area contributed by atoms with E-state index in [9.17, 15) is 0 Å². The van der Waals surface area contributed by atoms with Crippen LogP contribution in [-0.4, -0.2) is 11.6 Å². The average molecular weight is 145 g/mol. The normalized spacial score (nSPS) is 12.8. The maximum atomic E-state index is 4.22. The lowest BCUT2D eigenvalue weighted by Gasteiger charge is -1.98. The molecule has 0 aromatic rings. The predicted octanol–water partition coefficient (Wildman–Crippen LogP) is 2.38. The Hall–Kier alpha value is 0.0200. The summed E-state index contributed by atoms with van der Waals surface area (Å²) in [4.78, 5) is 4.22. The van der Waals surface area contributed by atoms with E-state index in [1.165, 1.54) is 0 Å². The molecule has 54 valence electrons. The Labute approximate surface area is 63.0 Å². The first kappa shape index (κ1) is 9.02. The summed E-state index contributed by atoms with van der Waals surface area (Å²) in [7, 11) is 0. The van der Waals surface area contributed by atoms with Gasteiger partial charge < -0.3 is 0 Å². The minimum atomic E-state index is 0.652. The van der Waals surface area contributed by atoms with E-state index >= 15 is 0 Å². The SMILES string of the molecule is CC/C(S)=N\CC(C)C. The molecule has 0 unspecified atom stereocenters. The minimum Gasteiger partial charge on any atom is -0.283 e. The van der Waals surface area contributed by atoms with Crippen LogP contribution in [0.2, 0.25) is 0 Å². The lowest BCUT2D eigenvalue weighted by atomic mass is 10.2. The fourth-order valence-electron chi connectivity index (χ4n) is 0.400. The molecule has 0 bridgehead atoms. The maximum Gasteiger partial charge on any atom is 0.0642 e. The molecule has 0 saturated heterocycles. The van der Waals surface area contributed by atoms with Gasteiger partial charge in [-0.15, -0.1) is 12.6 Å². The molecule has 0 saturated carbocycles. The van der Waals surface area contributed by atoms with E-state index in [2.05, 4.69) is 38.4 Å². The van der Waals surface area contributed by atoms with Gasteiger partial charge >= 0.3 is 0 Å². The zero-order chi connectivity index (χ0) is 7.28. The Bertz CT molecular complexity index is 97.1. The number of hydrogen-bond donors (Lipinski definition) is 1. The Morgan fingerprint density at radius 1 is 1.56 bits per heavy atom. The van der Waals surface area contributed by atoms with Crippen molar-refractivity contribution in [3.63, 3.8) is 0 Å². The number of hydrogen-bond acceptors (Lipinski definition) is 1. The second-order valence-corrected chi connectivity index (χ2v) is 3.02. The molecule has 0 N–H and O–H groups in total. The van der Waals surface area contributed by atoms with Crippen molar-refractivity contribution in [2.45, 2.75) is 27.2 Å². The van der Waals surface area contributed by atoms with E-state index in [4.69, 9.17) is 0 Å². The molecule has 1 nitrogen and oxygen atoms in total. The summed E-state index contributed by atoms with van der Waals surface area (Å²) in [5.74, 6) is 0.652. The van der Waals surface area contributed by atoms with Gasteiger partial charge in [0.15, 0.2) is 0 Å². The van der Waals surface area contributed by atoms with Gasteiger partial charge in [0, 0.05) is 6.54 Å². The number of rotatable bonds is 3. The van der Waals surface area contributed by atoms with Crippen LogP contribution >= 0.6 is 12.6 Å². The second-order valence-electron chi connectivity index (χ2n) is 2.50. The van der Waals surface area contributed by atoms with E-state index in [0.29, 0.717) is 5.92 Å². The van der Waals surface area contributed by atoms with Gasteiger partial charge in [-0.1, -0.05) is 20.8 Å². The molecule has 0 aliphatic heterocycles. The van der Waals surface area contributed by atoms with Crippen molar-refractivity contribution in [1.82, 2.24) is 0 Å². The van der Waals surface area contributed by atoms with Crippen LogP contribution in [0.3, 0.4) is 0 Å². The van der Waals surface area contributed by atoms with Crippen LogP contribution in [-0.2, 0) is 0 Å². The van der Waals surface area contributed by atoms with Crippen molar-refractivity contribution in [1.29, 1.82) is 0 Å². The third-order valence-corrected chi connectivity index (χ3v) is 1.41. The number of thiol groups is 1. The highest BCUT2D eigenvalue weighted by molar-refractivity contribution is 7.97. The Kier molecular flexibility index (Phi) is 4.87. The van der Waals surface area contributed by atoms with E-state index in [0.717, 1.165) is 18.0 Å². The smallest absolute Gasteiger partial charge is 0.0642 e. The van der Waals surface area contributed by atoms with E-state index < -0.39 is 0 Å². The van der Waals surface area contributed by atoms with Crippen LogP contribution in [0.4, 0.5) is 0 Å². The average Bonchev–Trinajstić information content (AvgIpc) is 1.83.